The molecule has 0 unspecified atom stereocenters. The molecule has 0 spiro atoms. The van der Waals surface area contributed by atoms with Crippen LogP contribution in [0.15, 0.2) is 24.4 Å². The van der Waals surface area contributed by atoms with Crippen molar-refractivity contribution in [3.63, 3.8) is 0 Å². The molecule has 2 rings (SSSR count). The summed E-state index contributed by atoms with van der Waals surface area (Å²) < 4.78 is 5.47. The van der Waals surface area contributed by atoms with Crippen molar-refractivity contribution >= 4 is 0 Å². The maximum Gasteiger partial charge on any atom is 0.128 e. The molecule has 1 aromatic heterocycles. The van der Waals surface area contributed by atoms with Gasteiger partial charge in [-0.3, -0.25) is 0 Å². The highest BCUT2D eigenvalue weighted by Crippen LogP contribution is 2.29. The Balaban J connectivity index is 1.99. The Hall–Kier alpha value is -1.77. The molecule has 0 saturated carbocycles. The van der Waals surface area contributed by atoms with Crippen LogP contribution in [-0.4, -0.2) is 17.1 Å². The Bertz CT molecular complexity index is 560. The monoisotopic (exact) mass is 286 g/mol. The number of aromatic nitrogens is 2. The zero-order chi connectivity index (χ0) is 15.1. The van der Waals surface area contributed by atoms with Crippen LogP contribution in [-0.2, 0) is 6.42 Å². The predicted octanol–water partition coefficient (Wildman–Crippen LogP) is 4.91. The molecule has 3 heteroatoms. The molecule has 1 heterocycles. The normalized spacial score (nSPS) is 10.8. The van der Waals surface area contributed by atoms with E-state index in [1.807, 2.05) is 6.20 Å². The van der Waals surface area contributed by atoms with Gasteiger partial charge in [-0.15, -0.1) is 0 Å². The van der Waals surface area contributed by atoms with Gasteiger partial charge in [0, 0.05) is 12.0 Å². The van der Waals surface area contributed by atoms with E-state index in [1.165, 1.54) is 37.7 Å². The number of methoxy groups -OCH3 is 1. The fraction of sp³-hybridized carbons (Fsp3) is 0.500. The number of hydrogen-bond donors (Lipinski definition) is 1. The van der Waals surface area contributed by atoms with Gasteiger partial charge in [0.25, 0.3) is 0 Å². The Labute approximate surface area is 127 Å². The molecule has 0 bridgehead atoms. The molecule has 114 valence electrons. The van der Waals surface area contributed by atoms with E-state index in [0.29, 0.717) is 0 Å². The lowest BCUT2D eigenvalue weighted by molar-refractivity contribution is 0.416. The smallest absolute Gasteiger partial charge is 0.128 e. The Morgan fingerprint density at radius 1 is 1.14 bits per heavy atom. The summed E-state index contributed by atoms with van der Waals surface area (Å²) in [6, 6.07) is 6.25. The molecule has 2 aromatic rings. The third kappa shape index (κ3) is 4.35. The van der Waals surface area contributed by atoms with Crippen LogP contribution in [0.3, 0.4) is 0 Å². The number of rotatable bonds is 8. The summed E-state index contributed by atoms with van der Waals surface area (Å²) in [5.74, 6) is 1.97. The van der Waals surface area contributed by atoms with Crippen LogP contribution in [0.1, 0.15) is 50.4 Å². The standard InChI is InChI=1S/C18H26N2O/c1-4-5-6-7-8-9-18-19-13-16(20-18)15-11-10-14(2)12-17(15)21-3/h10-13H,4-9H2,1-3H3,(H,19,20). The maximum atomic E-state index is 5.47. The second kappa shape index (κ2) is 7.87. The van der Waals surface area contributed by atoms with Crippen LogP contribution >= 0.6 is 0 Å². The minimum Gasteiger partial charge on any atom is -0.496 e. The predicted molar refractivity (Wildman–Crippen MR) is 87.8 cm³/mol. The lowest BCUT2D eigenvalue weighted by atomic mass is 10.1. The second-order valence-corrected chi connectivity index (χ2v) is 5.61. The summed E-state index contributed by atoms with van der Waals surface area (Å²) in [6.07, 6.45) is 9.39. The van der Waals surface area contributed by atoms with Crippen molar-refractivity contribution in [2.24, 2.45) is 0 Å². The molecule has 0 radical (unpaired) electrons. The summed E-state index contributed by atoms with van der Waals surface area (Å²) in [5, 5.41) is 0. The molecule has 1 N–H and O–H groups in total. The first-order valence-corrected chi connectivity index (χ1v) is 7.93. The molecule has 0 aliphatic carbocycles. The van der Waals surface area contributed by atoms with Crippen LogP contribution < -0.4 is 4.74 Å². The molecule has 0 atom stereocenters. The Morgan fingerprint density at radius 3 is 2.71 bits per heavy atom. The van der Waals surface area contributed by atoms with Crippen LogP contribution in [0.4, 0.5) is 0 Å². The van der Waals surface area contributed by atoms with Crippen LogP contribution in [0.2, 0.25) is 0 Å². The number of benzene rings is 1. The molecule has 0 saturated heterocycles. The van der Waals surface area contributed by atoms with E-state index in [0.717, 1.165) is 29.3 Å². The van der Waals surface area contributed by atoms with E-state index in [1.54, 1.807) is 7.11 Å². The van der Waals surface area contributed by atoms with Crippen LogP contribution in [0.5, 0.6) is 5.75 Å². The van der Waals surface area contributed by atoms with Crippen molar-refractivity contribution in [1.82, 2.24) is 9.97 Å². The Kier molecular flexibility index (Phi) is 5.85. The SMILES string of the molecule is CCCCCCCc1ncc(-c2ccc(C)cc2OC)[nH]1. The van der Waals surface area contributed by atoms with E-state index in [9.17, 15) is 0 Å². The van der Waals surface area contributed by atoms with Crippen molar-refractivity contribution in [2.75, 3.05) is 7.11 Å². The van der Waals surface area contributed by atoms with Gasteiger partial charge < -0.3 is 9.72 Å². The highest BCUT2D eigenvalue weighted by Gasteiger charge is 2.09. The average Bonchev–Trinajstić information content (AvgIpc) is 2.95. The first kappa shape index (κ1) is 15.6. The van der Waals surface area contributed by atoms with E-state index >= 15 is 0 Å². The van der Waals surface area contributed by atoms with Crippen molar-refractivity contribution < 1.29 is 4.74 Å². The molecule has 0 amide bonds. The van der Waals surface area contributed by atoms with E-state index in [4.69, 9.17) is 4.74 Å². The highest BCUT2D eigenvalue weighted by atomic mass is 16.5. The van der Waals surface area contributed by atoms with E-state index in [-0.39, 0.29) is 0 Å². The summed E-state index contributed by atoms with van der Waals surface area (Å²) in [5.41, 5.74) is 3.31. The fourth-order valence-electron chi connectivity index (χ4n) is 2.54. The topological polar surface area (TPSA) is 37.9 Å². The number of aromatic amines is 1. The van der Waals surface area contributed by atoms with Crippen molar-refractivity contribution in [1.29, 1.82) is 0 Å². The zero-order valence-electron chi connectivity index (χ0n) is 13.4. The number of aryl methyl sites for hydroxylation is 2. The molecular formula is C18H26N2O. The lowest BCUT2D eigenvalue weighted by Crippen LogP contribution is -1.91. The summed E-state index contributed by atoms with van der Waals surface area (Å²) in [7, 11) is 1.71. The number of imidazole rings is 1. The van der Waals surface area contributed by atoms with Crippen molar-refractivity contribution in [3.8, 4) is 17.0 Å². The number of ether oxygens (including phenoxy) is 1. The molecule has 21 heavy (non-hydrogen) atoms. The summed E-state index contributed by atoms with van der Waals surface area (Å²) in [6.45, 7) is 4.31. The molecular weight excluding hydrogens is 260 g/mol. The van der Waals surface area contributed by atoms with Gasteiger partial charge in [-0.2, -0.15) is 0 Å². The van der Waals surface area contributed by atoms with Gasteiger partial charge in [0.1, 0.15) is 11.6 Å². The maximum absolute atomic E-state index is 5.47. The summed E-state index contributed by atoms with van der Waals surface area (Å²) in [4.78, 5) is 7.92. The molecule has 0 aliphatic heterocycles. The highest BCUT2D eigenvalue weighted by molar-refractivity contribution is 5.67. The van der Waals surface area contributed by atoms with Crippen LogP contribution in [0, 0.1) is 6.92 Å². The number of nitrogens with zero attached hydrogens (tertiary/aromatic N) is 1. The minimum atomic E-state index is 0.896. The molecule has 0 fully saturated rings. The first-order chi connectivity index (χ1) is 10.2. The van der Waals surface area contributed by atoms with Gasteiger partial charge >= 0.3 is 0 Å². The van der Waals surface area contributed by atoms with Crippen molar-refractivity contribution in [3.05, 3.63) is 35.8 Å². The number of hydrogen-bond acceptors (Lipinski definition) is 2. The summed E-state index contributed by atoms with van der Waals surface area (Å²) >= 11 is 0. The third-order valence-corrected chi connectivity index (χ3v) is 3.79. The largest absolute Gasteiger partial charge is 0.496 e. The van der Waals surface area contributed by atoms with Crippen LogP contribution in [0.25, 0.3) is 11.3 Å². The van der Waals surface area contributed by atoms with Gasteiger partial charge in [0.15, 0.2) is 0 Å². The van der Waals surface area contributed by atoms with E-state index < -0.39 is 0 Å². The first-order valence-electron chi connectivity index (χ1n) is 7.93. The average molecular weight is 286 g/mol. The lowest BCUT2D eigenvalue weighted by Gasteiger charge is -2.07. The van der Waals surface area contributed by atoms with Gasteiger partial charge in [-0.1, -0.05) is 38.7 Å². The molecule has 1 aromatic carbocycles. The van der Waals surface area contributed by atoms with Crippen molar-refractivity contribution in [2.45, 2.75) is 52.4 Å². The van der Waals surface area contributed by atoms with Gasteiger partial charge in [0.05, 0.1) is 19.0 Å². The third-order valence-electron chi connectivity index (χ3n) is 3.79. The zero-order valence-corrected chi connectivity index (χ0v) is 13.4. The van der Waals surface area contributed by atoms with Gasteiger partial charge in [-0.05, 0) is 31.0 Å². The number of nitrogens with one attached hydrogen (secondary N) is 1. The van der Waals surface area contributed by atoms with E-state index in [2.05, 4.69) is 42.0 Å². The quantitative estimate of drug-likeness (QED) is 0.700. The number of unbranched alkanes of at least 4 members (excludes halogenated alkanes) is 4. The Morgan fingerprint density at radius 2 is 1.95 bits per heavy atom. The van der Waals surface area contributed by atoms with Gasteiger partial charge in [0.2, 0.25) is 0 Å². The molecule has 0 aliphatic rings. The minimum absolute atomic E-state index is 0.896. The number of H-pyrrole nitrogens is 1. The second-order valence-electron chi connectivity index (χ2n) is 5.61. The van der Waals surface area contributed by atoms with Gasteiger partial charge in [-0.25, -0.2) is 4.98 Å². The fourth-order valence-corrected chi connectivity index (χ4v) is 2.54. The molecule has 3 nitrogen and oxygen atoms in total.